The molecule has 0 aromatic carbocycles. The van der Waals surface area contributed by atoms with E-state index in [-0.39, 0.29) is 41.6 Å². The zero-order chi connectivity index (χ0) is 21.7. The van der Waals surface area contributed by atoms with Gasteiger partial charge in [0, 0.05) is 4.88 Å². The van der Waals surface area contributed by atoms with Gasteiger partial charge in [-0.2, -0.15) is 0 Å². The lowest BCUT2D eigenvalue weighted by molar-refractivity contribution is -0.159. The van der Waals surface area contributed by atoms with Gasteiger partial charge in [-0.05, 0) is 51.0 Å². The minimum atomic E-state index is -0.991. The van der Waals surface area contributed by atoms with Crippen molar-refractivity contribution in [2.45, 2.75) is 70.9 Å². The van der Waals surface area contributed by atoms with Crippen molar-refractivity contribution in [3.05, 3.63) is 26.6 Å². The largest absolute Gasteiger partial charge is 0.456 e. The topological polar surface area (TPSA) is 109 Å². The van der Waals surface area contributed by atoms with Crippen LogP contribution >= 0.6 is 11.3 Å². The average Bonchev–Trinajstić information content (AvgIpc) is 3.27. The fraction of sp³-hybridized carbons (Fsp3) is 0.591. The Morgan fingerprint density at radius 2 is 1.81 bits per heavy atom. The van der Waals surface area contributed by atoms with Gasteiger partial charge in [-0.1, -0.05) is 12.8 Å². The third-order valence-corrected chi connectivity index (χ3v) is 8.01. The Labute approximate surface area is 183 Å². The molecule has 0 radical (unpaired) electrons. The Hall–Kier alpha value is -2.55. The summed E-state index contributed by atoms with van der Waals surface area (Å²) < 4.78 is 5.35. The number of rotatable bonds is 4. The summed E-state index contributed by atoms with van der Waals surface area (Å²) in [5.74, 6) is -1.55. The third kappa shape index (κ3) is 3.39. The molecule has 2 aromatic heterocycles. The van der Waals surface area contributed by atoms with Crippen LogP contribution in [0.1, 0.15) is 61.7 Å². The summed E-state index contributed by atoms with van der Waals surface area (Å²) in [6.07, 6.45) is 7.32. The van der Waals surface area contributed by atoms with E-state index in [0.717, 1.165) is 49.0 Å². The van der Waals surface area contributed by atoms with E-state index >= 15 is 0 Å². The number of thiophene rings is 1. The maximum Gasteiger partial charge on any atom is 0.329 e. The monoisotopic (exact) mass is 443 g/mol. The lowest BCUT2D eigenvalue weighted by Gasteiger charge is -2.21. The lowest BCUT2D eigenvalue weighted by Crippen LogP contribution is -2.44. The van der Waals surface area contributed by atoms with Crippen molar-refractivity contribution in [2.75, 3.05) is 0 Å². The minimum absolute atomic E-state index is 0.208. The van der Waals surface area contributed by atoms with E-state index in [1.807, 2.05) is 0 Å². The normalized spacial score (nSPS) is 24.2. The van der Waals surface area contributed by atoms with Crippen LogP contribution in [0.3, 0.4) is 0 Å². The Kier molecular flexibility index (Phi) is 5.16. The molecule has 2 aliphatic carbocycles. The van der Waals surface area contributed by atoms with Crippen molar-refractivity contribution >= 4 is 39.3 Å². The second-order valence-corrected chi connectivity index (χ2v) is 9.81. The van der Waals surface area contributed by atoms with E-state index in [1.54, 1.807) is 0 Å². The number of carbonyl (C=O) groups is 3. The molecule has 3 heterocycles. The van der Waals surface area contributed by atoms with E-state index in [4.69, 9.17) is 4.74 Å². The number of carbonyl (C=O) groups excluding carboxylic acids is 3. The number of nitrogens with one attached hydrogen (secondary N) is 1. The van der Waals surface area contributed by atoms with Gasteiger partial charge in [-0.25, -0.2) is 9.78 Å². The van der Waals surface area contributed by atoms with Crippen LogP contribution in [0.15, 0.2) is 4.79 Å². The number of aromatic amines is 1. The maximum absolute atomic E-state index is 12.7. The summed E-state index contributed by atoms with van der Waals surface area (Å²) in [5.41, 5.74) is 0.891. The standard InChI is InChI=1S/C22H25N3O5S/c1-11(25-20(27)12-6-2-3-7-13(12)21(25)28)22(29)30-10-16-23-18(26)17-14-8-4-5-9-15(14)31-19(17)24-16/h11-13H,2-10H2,1H3,(H,23,24,26)/t11-,12-,13+/m1/s1. The lowest BCUT2D eigenvalue weighted by atomic mass is 9.81. The van der Waals surface area contributed by atoms with Crippen LogP contribution in [0, 0.1) is 11.8 Å². The summed E-state index contributed by atoms with van der Waals surface area (Å²) in [7, 11) is 0. The maximum atomic E-state index is 12.7. The number of aryl methyl sites for hydroxylation is 2. The van der Waals surface area contributed by atoms with Crippen LogP contribution in [0.5, 0.6) is 0 Å². The van der Waals surface area contributed by atoms with Crippen LogP contribution in [-0.4, -0.2) is 38.7 Å². The smallest absolute Gasteiger partial charge is 0.329 e. The summed E-state index contributed by atoms with van der Waals surface area (Å²) in [4.78, 5) is 60.8. The van der Waals surface area contributed by atoms with Crippen LogP contribution in [0.4, 0.5) is 0 Å². The zero-order valence-electron chi connectivity index (χ0n) is 17.4. The highest BCUT2D eigenvalue weighted by Gasteiger charge is 2.51. The fourth-order valence-corrected chi connectivity index (χ4v) is 6.49. The van der Waals surface area contributed by atoms with Crippen molar-refractivity contribution in [3.63, 3.8) is 0 Å². The molecule has 1 saturated heterocycles. The molecule has 1 saturated carbocycles. The molecule has 1 aliphatic heterocycles. The first-order chi connectivity index (χ1) is 15.0. The molecule has 0 bridgehead atoms. The van der Waals surface area contributed by atoms with Crippen molar-refractivity contribution in [2.24, 2.45) is 11.8 Å². The zero-order valence-corrected chi connectivity index (χ0v) is 18.3. The second-order valence-electron chi connectivity index (χ2n) is 8.73. The van der Waals surface area contributed by atoms with Crippen molar-refractivity contribution < 1.29 is 19.1 Å². The summed E-state index contributed by atoms with van der Waals surface area (Å²) >= 11 is 1.53. The van der Waals surface area contributed by atoms with E-state index in [2.05, 4.69) is 9.97 Å². The average molecular weight is 444 g/mol. The molecule has 2 aromatic rings. The van der Waals surface area contributed by atoms with Gasteiger partial charge < -0.3 is 9.72 Å². The number of hydrogen-bond acceptors (Lipinski definition) is 7. The predicted molar refractivity (Wildman–Crippen MR) is 113 cm³/mol. The molecule has 8 nitrogen and oxygen atoms in total. The highest BCUT2D eigenvalue weighted by Crippen LogP contribution is 2.39. The third-order valence-electron chi connectivity index (χ3n) is 6.83. The number of nitrogens with zero attached hydrogens (tertiary/aromatic N) is 2. The number of aromatic nitrogens is 2. The van der Waals surface area contributed by atoms with Gasteiger partial charge in [0.1, 0.15) is 23.3 Å². The first-order valence-corrected chi connectivity index (χ1v) is 11.8. The fourth-order valence-electron chi connectivity index (χ4n) is 5.21. The van der Waals surface area contributed by atoms with Crippen molar-refractivity contribution in [1.82, 2.24) is 14.9 Å². The Morgan fingerprint density at radius 1 is 1.13 bits per heavy atom. The molecule has 3 atom stereocenters. The van der Waals surface area contributed by atoms with Gasteiger partial charge in [0.25, 0.3) is 5.56 Å². The van der Waals surface area contributed by atoms with Gasteiger partial charge >= 0.3 is 5.97 Å². The first-order valence-electron chi connectivity index (χ1n) is 11.0. The summed E-state index contributed by atoms with van der Waals surface area (Å²) in [6, 6.07) is -0.991. The van der Waals surface area contributed by atoms with E-state index < -0.39 is 12.0 Å². The quantitative estimate of drug-likeness (QED) is 0.574. The van der Waals surface area contributed by atoms with Crippen LogP contribution < -0.4 is 5.56 Å². The Balaban J connectivity index is 1.30. The molecule has 3 aliphatic rings. The van der Waals surface area contributed by atoms with Gasteiger partial charge in [0.05, 0.1) is 17.2 Å². The number of H-pyrrole nitrogens is 1. The minimum Gasteiger partial charge on any atom is -0.456 e. The van der Waals surface area contributed by atoms with Gasteiger partial charge in [0.15, 0.2) is 0 Å². The molecule has 5 rings (SSSR count). The molecule has 31 heavy (non-hydrogen) atoms. The number of likely N-dealkylation sites (tertiary alicyclic amines) is 1. The van der Waals surface area contributed by atoms with Crippen LogP contribution in [0.25, 0.3) is 10.2 Å². The van der Waals surface area contributed by atoms with E-state index in [0.29, 0.717) is 23.1 Å². The van der Waals surface area contributed by atoms with E-state index in [9.17, 15) is 19.2 Å². The van der Waals surface area contributed by atoms with Gasteiger partial charge in [-0.15, -0.1) is 11.3 Å². The SMILES string of the molecule is C[C@H](C(=O)OCc1nc2sc3c(c2c(=O)[nH]1)CCCC3)N1C(=O)[C@H]2CCCC[C@H]2C1=O. The first kappa shape index (κ1) is 20.4. The Bertz CT molecular complexity index is 1110. The van der Waals surface area contributed by atoms with Gasteiger partial charge in [-0.3, -0.25) is 19.3 Å². The number of esters is 1. The highest BCUT2D eigenvalue weighted by atomic mass is 32.1. The molecular weight excluding hydrogens is 418 g/mol. The molecule has 2 fully saturated rings. The molecule has 9 heteroatoms. The predicted octanol–water partition coefficient (Wildman–Crippen LogP) is 2.47. The van der Waals surface area contributed by atoms with Crippen molar-refractivity contribution in [1.29, 1.82) is 0 Å². The molecule has 2 amide bonds. The van der Waals surface area contributed by atoms with Crippen LogP contribution in [0.2, 0.25) is 0 Å². The van der Waals surface area contributed by atoms with E-state index in [1.165, 1.54) is 23.1 Å². The summed E-state index contributed by atoms with van der Waals surface area (Å²) in [6.45, 7) is 1.31. The van der Waals surface area contributed by atoms with Gasteiger partial charge in [0.2, 0.25) is 11.8 Å². The number of amides is 2. The molecular formula is C22H25N3O5S. The number of hydrogen-bond donors (Lipinski definition) is 1. The second kappa shape index (κ2) is 7.85. The number of fused-ring (bicyclic) bond motifs is 4. The molecule has 1 N–H and O–H groups in total. The highest BCUT2D eigenvalue weighted by molar-refractivity contribution is 7.18. The summed E-state index contributed by atoms with van der Waals surface area (Å²) in [5, 5.41) is 0.652. The molecule has 0 spiro atoms. The molecule has 0 unspecified atom stereocenters. The number of ether oxygens (including phenoxy) is 1. The Morgan fingerprint density at radius 3 is 2.52 bits per heavy atom. The molecule has 164 valence electrons. The number of imide groups is 1. The van der Waals surface area contributed by atoms with Crippen molar-refractivity contribution in [3.8, 4) is 0 Å². The van der Waals surface area contributed by atoms with Crippen LogP contribution in [-0.2, 0) is 38.6 Å².